The number of primary amides is 1. The van der Waals surface area contributed by atoms with Crippen LogP contribution in [-0.2, 0) is 32.3 Å². The van der Waals surface area contributed by atoms with Crippen LogP contribution in [0.3, 0.4) is 0 Å². The predicted molar refractivity (Wildman–Crippen MR) is 156 cm³/mol. The Bertz CT molecular complexity index is 1550. The van der Waals surface area contributed by atoms with Gasteiger partial charge in [0.1, 0.15) is 19.2 Å². The Balaban J connectivity index is 1.59. The first-order valence-corrected chi connectivity index (χ1v) is 13.3. The van der Waals surface area contributed by atoms with Crippen molar-refractivity contribution in [2.24, 2.45) is 11.5 Å². The first kappa shape index (κ1) is 30.2. The average Bonchev–Trinajstić information content (AvgIpc) is 3.40. The van der Waals surface area contributed by atoms with Gasteiger partial charge in [-0.05, 0) is 42.7 Å². The van der Waals surface area contributed by atoms with Crippen molar-refractivity contribution in [3.05, 3.63) is 89.9 Å². The van der Waals surface area contributed by atoms with Gasteiger partial charge >= 0.3 is 6.09 Å². The molecular formula is C30H35N7O5. The van der Waals surface area contributed by atoms with E-state index in [-0.39, 0.29) is 26.4 Å². The van der Waals surface area contributed by atoms with Crippen molar-refractivity contribution in [2.45, 2.75) is 38.6 Å². The van der Waals surface area contributed by atoms with E-state index in [9.17, 15) is 14.4 Å². The maximum Gasteiger partial charge on any atom is 0.410 e. The predicted octanol–water partition coefficient (Wildman–Crippen LogP) is 2.56. The van der Waals surface area contributed by atoms with Crippen LogP contribution < -0.4 is 16.8 Å². The van der Waals surface area contributed by atoms with Gasteiger partial charge in [0.05, 0.1) is 24.4 Å². The SMILES string of the molecule is CN(CC(N)=O)C(=O)OCc1cccc2nnc([C@@H](COCc3ccccc3-c3ccccc3)NC(=O)C(C)(C)N)n12. The van der Waals surface area contributed by atoms with Gasteiger partial charge in [-0.25, -0.2) is 4.79 Å². The van der Waals surface area contributed by atoms with Crippen LogP contribution in [0.15, 0.2) is 72.8 Å². The molecule has 0 fully saturated rings. The fraction of sp³-hybridized carbons (Fsp3) is 0.300. The van der Waals surface area contributed by atoms with Crippen LogP contribution in [0.2, 0.25) is 0 Å². The van der Waals surface area contributed by atoms with Crippen LogP contribution in [0.25, 0.3) is 16.8 Å². The Hall–Kier alpha value is -4.81. The van der Waals surface area contributed by atoms with Crippen molar-refractivity contribution in [1.29, 1.82) is 0 Å². The number of nitrogens with zero attached hydrogens (tertiary/aromatic N) is 4. The van der Waals surface area contributed by atoms with Crippen molar-refractivity contribution in [2.75, 3.05) is 20.2 Å². The second-order valence-electron chi connectivity index (χ2n) is 10.4. The van der Waals surface area contributed by atoms with Crippen molar-refractivity contribution >= 4 is 23.6 Å². The Kier molecular flexibility index (Phi) is 9.50. The number of amides is 3. The summed E-state index contributed by atoms with van der Waals surface area (Å²) in [5.41, 5.74) is 14.2. The molecule has 42 heavy (non-hydrogen) atoms. The summed E-state index contributed by atoms with van der Waals surface area (Å²) in [6.07, 6.45) is -0.726. The molecule has 0 saturated carbocycles. The number of carbonyl (C=O) groups excluding carboxylic acids is 3. The molecule has 0 aliphatic rings. The van der Waals surface area contributed by atoms with E-state index in [1.54, 1.807) is 36.4 Å². The topological polar surface area (TPSA) is 167 Å². The molecular weight excluding hydrogens is 538 g/mol. The molecule has 0 spiro atoms. The minimum atomic E-state index is -1.16. The van der Waals surface area contributed by atoms with Crippen LogP contribution >= 0.6 is 0 Å². The smallest absolute Gasteiger partial charge is 0.410 e. The highest BCUT2D eigenvalue weighted by Crippen LogP contribution is 2.25. The van der Waals surface area contributed by atoms with E-state index >= 15 is 0 Å². The summed E-state index contributed by atoms with van der Waals surface area (Å²) >= 11 is 0. The van der Waals surface area contributed by atoms with Crippen molar-refractivity contribution in [1.82, 2.24) is 24.8 Å². The molecule has 12 nitrogen and oxygen atoms in total. The van der Waals surface area contributed by atoms with E-state index in [0.29, 0.717) is 17.2 Å². The fourth-order valence-electron chi connectivity index (χ4n) is 4.27. The number of hydrogen-bond donors (Lipinski definition) is 3. The molecule has 0 radical (unpaired) electrons. The largest absolute Gasteiger partial charge is 0.443 e. The molecule has 2 heterocycles. The first-order chi connectivity index (χ1) is 20.0. The summed E-state index contributed by atoms with van der Waals surface area (Å²) in [5, 5.41) is 11.5. The van der Waals surface area contributed by atoms with Crippen LogP contribution in [0, 0.1) is 0 Å². The number of nitrogens with one attached hydrogen (secondary N) is 1. The molecule has 220 valence electrons. The number of fused-ring (bicyclic) bond motifs is 1. The maximum atomic E-state index is 13.0. The molecule has 0 bridgehead atoms. The number of hydrogen-bond acceptors (Lipinski definition) is 8. The van der Waals surface area contributed by atoms with Gasteiger partial charge < -0.3 is 31.2 Å². The number of rotatable bonds is 12. The van der Waals surface area contributed by atoms with E-state index in [1.807, 2.05) is 54.6 Å². The molecule has 0 aliphatic heterocycles. The standard InChI is InChI=1S/C30H35N7O5/c1-30(2,32)28(39)33-24(19-41-17-21-12-7-8-14-23(21)20-10-5-4-6-11-20)27-35-34-26-15-9-13-22(37(26)27)18-42-29(40)36(3)16-25(31)38/h4-15,24H,16-19,32H2,1-3H3,(H2,31,38)(H,33,39)/t24-/m1/s1. The van der Waals surface area contributed by atoms with E-state index in [2.05, 4.69) is 15.5 Å². The van der Waals surface area contributed by atoms with Crippen LogP contribution in [0.1, 0.15) is 37.0 Å². The molecule has 2 aromatic heterocycles. The van der Waals surface area contributed by atoms with Gasteiger partial charge in [-0.2, -0.15) is 0 Å². The molecule has 12 heteroatoms. The van der Waals surface area contributed by atoms with E-state index in [4.69, 9.17) is 20.9 Å². The van der Waals surface area contributed by atoms with Crippen LogP contribution in [0.5, 0.6) is 0 Å². The summed E-state index contributed by atoms with van der Waals surface area (Å²) in [4.78, 5) is 37.6. The van der Waals surface area contributed by atoms with Gasteiger partial charge in [0.2, 0.25) is 11.8 Å². The van der Waals surface area contributed by atoms with Crippen molar-refractivity contribution in [3.8, 4) is 11.1 Å². The zero-order chi connectivity index (χ0) is 30.3. The second kappa shape index (κ2) is 13.2. The lowest BCUT2D eigenvalue weighted by Gasteiger charge is -2.24. The number of benzene rings is 2. The molecule has 4 aromatic rings. The maximum absolute atomic E-state index is 13.0. The summed E-state index contributed by atoms with van der Waals surface area (Å²) in [6, 6.07) is 22.4. The number of nitrogens with two attached hydrogens (primary N) is 2. The van der Waals surface area contributed by atoms with Gasteiger partial charge in [-0.15, -0.1) is 10.2 Å². The Morgan fingerprint density at radius 3 is 2.40 bits per heavy atom. The number of likely N-dealkylation sites (N-methyl/N-ethyl adjacent to an activating group) is 1. The molecule has 3 amide bonds. The third-order valence-corrected chi connectivity index (χ3v) is 6.43. The summed E-state index contributed by atoms with van der Waals surface area (Å²) in [7, 11) is 1.41. The van der Waals surface area contributed by atoms with E-state index < -0.39 is 29.5 Å². The molecule has 0 saturated heterocycles. The zero-order valence-electron chi connectivity index (χ0n) is 23.8. The minimum absolute atomic E-state index is 0.0568. The van der Waals surface area contributed by atoms with Gasteiger partial charge in [0.15, 0.2) is 11.5 Å². The van der Waals surface area contributed by atoms with Crippen molar-refractivity contribution < 1.29 is 23.9 Å². The summed E-state index contributed by atoms with van der Waals surface area (Å²) in [6.45, 7) is 3.10. The lowest BCUT2D eigenvalue weighted by molar-refractivity contribution is -0.126. The fourth-order valence-corrected chi connectivity index (χ4v) is 4.27. The van der Waals surface area contributed by atoms with Crippen molar-refractivity contribution in [3.63, 3.8) is 0 Å². The Labute approximate surface area is 243 Å². The minimum Gasteiger partial charge on any atom is -0.443 e. The lowest BCUT2D eigenvalue weighted by atomic mass is 10.0. The quantitative estimate of drug-likeness (QED) is 0.232. The molecule has 2 aromatic carbocycles. The summed E-state index contributed by atoms with van der Waals surface area (Å²) < 4.78 is 13.3. The van der Waals surface area contributed by atoms with Crippen LogP contribution in [-0.4, -0.2) is 63.1 Å². The summed E-state index contributed by atoms with van der Waals surface area (Å²) in [5.74, 6) is -0.698. The third-order valence-electron chi connectivity index (χ3n) is 6.43. The Morgan fingerprint density at radius 2 is 1.69 bits per heavy atom. The van der Waals surface area contributed by atoms with Crippen LogP contribution in [0.4, 0.5) is 4.79 Å². The van der Waals surface area contributed by atoms with E-state index in [0.717, 1.165) is 21.6 Å². The second-order valence-corrected chi connectivity index (χ2v) is 10.4. The monoisotopic (exact) mass is 573 g/mol. The highest BCUT2D eigenvalue weighted by Gasteiger charge is 2.29. The molecule has 0 unspecified atom stereocenters. The highest BCUT2D eigenvalue weighted by molar-refractivity contribution is 5.85. The number of aromatic nitrogens is 3. The number of ether oxygens (including phenoxy) is 2. The van der Waals surface area contributed by atoms with Gasteiger partial charge in [0, 0.05) is 7.05 Å². The molecule has 0 aliphatic carbocycles. The zero-order valence-corrected chi connectivity index (χ0v) is 23.8. The molecule has 1 atom stereocenters. The number of carbonyl (C=O) groups is 3. The van der Waals surface area contributed by atoms with Gasteiger partial charge in [0.25, 0.3) is 0 Å². The molecule has 5 N–H and O–H groups in total. The normalized spacial score (nSPS) is 12.1. The number of pyridine rings is 1. The average molecular weight is 574 g/mol. The first-order valence-electron chi connectivity index (χ1n) is 13.3. The van der Waals surface area contributed by atoms with Gasteiger partial charge in [-0.1, -0.05) is 60.7 Å². The molecule has 4 rings (SSSR count). The lowest BCUT2D eigenvalue weighted by Crippen LogP contribution is -2.51. The van der Waals surface area contributed by atoms with E-state index in [1.165, 1.54) is 7.05 Å². The van der Waals surface area contributed by atoms with Gasteiger partial charge in [-0.3, -0.25) is 14.0 Å². The Morgan fingerprint density at radius 1 is 0.976 bits per heavy atom. The third kappa shape index (κ3) is 7.47. The highest BCUT2D eigenvalue weighted by atomic mass is 16.6.